The highest BCUT2D eigenvalue weighted by atomic mass is 19.1. The summed E-state index contributed by atoms with van der Waals surface area (Å²) in [5, 5.41) is 8.10. The Morgan fingerprint density at radius 1 is 1.18 bits per heavy atom. The van der Waals surface area contributed by atoms with Crippen LogP contribution in [0.1, 0.15) is 35.0 Å². The fourth-order valence-corrected chi connectivity index (χ4v) is 3.42. The molecule has 3 aromatic rings. The Balaban J connectivity index is 1.49. The molecule has 1 aliphatic rings. The molecule has 144 valence electrons. The third kappa shape index (κ3) is 3.60. The predicted octanol–water partition coefficient (Wildman–Crippen LogP) is 3.90. The van der Waals surface area contributed by atoms with E-state index in [0.29, 0.717) is 30.3 Å². The van der Waals surface area contributed by atoms with Gasteiger partial charge in [0.05, 0.1) is 18.6 Å². The fourth-order valence-electron chi connectivity index (χ4n) is 3.42. The van der Waals surface area contributed by atoms with E-state index in [1.54, 1.807) is 54.5 Å². The lowest BCUT2D eigenvalue weighted by Crippen LogP contribution is -2.39. The molecule has 28 heavy (non-hydrogen) atoms. The molecule has 1 fully saturated rings. The molecular weight excluding hydrogens is 361 g/mol. The SMILES string of the molecule is COc1ccc(C(=O)N2CCC[C@H](c3nnc(-c4ccccc4F)o3)C2)cc1. The van der Waals surface area contributed by atoms with Gasteiger partial charge in [-0.05, 0) is 49.2 Å². The van der Waals surface area contributed by atoms with Crippen LogP contribution in [0, 0.1) is 5.82 Å². The molecule has 0 aliphatic carbocycles. The molecule has 1 atom stereocenters. The summed E-state index contributed by atoms with van der Waals surface area (Å²) in [7, 11) is 1.59. The second kappa shape index (κ2) is 7.80. The molecule has 7 heteroatoms. The van der Waals surface area contributed by atoms with Crippen molar-refractivity contribution in [3.05, 3.63) is 65.8 Å². The molecule has 1 saturated heterocycles. The van der Waals surface area contributed by atoms with Crippen LogP contribution in [-0.2, 0) is 0 Å². The van der Waals surface area contributed by atoms with Gasteiger partial charge in [0.15, 0.2) is 0 Å². The highest BCUT2D eigenvalue weighted by molar-refractivity contribution is 5.94. The first-order valence-corrected chi connectivity index (χ1v) is 9.17. The van der Waals surface area contributed by atoms with Gasteiger partial charge >= 0.3 is 0 Å². The fraction of sp³-hybridized carbons (Fsp3) is 0.286. The van der Waals surface area contributed by atoms with Gasteiger partial charge in [0, 0.05) is 18.7 Å². The van der Waals surface area contributed by atoms with Crippen molar-refractivity contribution in [2.75, 3.05) is 20.2 Å². The topological polar surface area (TPSA) is 68.5 Å². The van der Waals surface area contributed by atoms with E-state index in [9.17, 15) is 9.18 Å². The first-order chi connectivity index (χ1) is 13.7. The van der Waals surface area contributed by atoms with Crippen LogP contribution in [0.5, 0.6) is 5.75 Å². The summed E-state index contributed by atoms with van der Waals surface area (Å²) >= 11 is 0. The molecular formula is C21H20FN3O3. The largest absolute Gasteiger partial charge is 0.497 e. The molecule has 0 N–H and O–H groups in total. The molecule has 1 amide bonds. The van der Waals surface area contributed by atoms with E-state index in [-0.39, 0.29) is 23.3 Å². The van der Waals surface area contributed by atoms with E-state index in [1.165, 1.54) is 6.07 Å². The first-order valence-electron chi connectivity index (χ1n) is 9.17. The number of rotatable bonds is 4. The summed E-state index contributed by atoms with van der Waals surface area (Å²) in [5.41, 5.74) is 0.891. The predicted molar refractivity (Wildman–Crippen MR) is 101 cm³/mol. The van der Waals surface area contributed by atoms with Gasteiger partial charge in [-0.3, -0.25) is 4.79 Å². The Bertz CT molecular complexity index is 971. The van der Waals surface area contributed by atoms with Gasteiger partial charge in [0.1, 0.15) is 11.6 Å². The normalized spacial score (nSPS) is 16.8. The Labute approximate surface area is 161 Å². The summed E-state index contributed by atoms with van der Waals surface area (Å²) in [5.74, 6) is 0.791. The van der Waals surface area contributed by atoms with E-state index in [4.69, 9.17) is 9.15 Å². The van der Waals surface area contributed by atoms with Crippen LogP contribution in [0.3, 0.4) is 0 Å². The number of halogens is 1. The molecule has 2 heterocycles. The molecule has 2 aromatic carbocycles. The molecule has 0 bridgehead atoms. The maximum atomic E-state index is 13.9. The van der Waals surface area contributed by atoms with Crippen molar-refractivity contribution in [2.45, 2.75) is 18.8 Å². The number of hydrogen-bond donors (Lipinski definition) is 0. The second-order valence-corrected chi connectivity index (χ2v) is 6.74. The van der Waals surface area contributed by atoms with Crippen LogP contribution >= 0.6 is 0 Å². The lowest BCUT2D eigenvalue weighted by atomic mass is 9.97. The van der Waals surface area contributed by atoms with E-state index in [1.807, 2.05) is 0 Å². The minimum Gasteiger partial charge on any atom is -0.497 e. The lowest BCUT2D eigenvalue weighted by Gasteiger charge is -2.31. The smallest absolute Gasteiger partial charge is 0.253 e. The summed E-state index contributed by atoms with van der Waals surface area (Å²) in [4.78, 5) is 14.6. The molecule has 0 unspecified atom stereocenters. The summed E-state index contributed by atoms with van der Waals surface area (Å²) in [6.45, 7) is 1.17. The summed E-state index contributed by atoms with van der Waals surface area (Å²) in [6, 6.07) is 13.3. The van der Waals surface area contributed by atoms with Gasteiger partial charge in [0.2, 0.25) is 5.89 Å². The molecule has 1 aliphatic heterocycles. The highest BCUT2D eigenvalue weighted by Gasteiger charge is 2.29. The van der Waals surface area contributed by atoms with Gasteiger partial charge in [-0.25, -0.2) is 4.39 Å². The zero-order valence-corrected chi connectivity index (χ0v) is 15.5. The van der Waals surface area contributed by atoms with Crippen molar-refractivity contribution < 1.29 is 18.3 Å². The molecule has 6 nitrogen and oxygen atoms in total. The van der Waals surface area contributed by atoms with Gasteiger partial charge in [0.25, 0.3) is 11.8 Å². The Morgan fingerprint density at radius 3 is 2.71 bits per heavy atom. The zero-order chi connectivity index (χ0) is 19.5. The number of amides is 1. The average Bonchev–Trinajstić information content (AvgIpc) is 3.24. The van der Waals surface area contributed by atoms with Crippen LogP contribution in [0.25, 0.3) is 11.5 Å². The van der Waals surface area contributed by atoms with Crippen LogP contribution in [0.4, 0.5) is 4.39 Å². The van der Waals surface area contributed by atoms with Crippen molar-refractivity contribution in [1.29, 1.82) is 0 Å². The lowest BCUT2D eigenvalue weighted by molar-refractivity contribution is 0.0698. The van der Waals surface area contributed by atoms with Crippen LogP contribution in [0.2, 0.25) is 0 Å². The number of benzene rings is 2. The average molecular weight is 381 g/mol. The summed E-state index contributed by atoms with van der Waals surface area (Å²) < 4.78 is 24.8. The van der Waals surface area contributed by atoms with E-state index < -0.39 is 5.82 Å². The molecule has 0 radical (unpaired) electrons. The standard InChI is InChI=1S/C21H20FN3O3/c1-27-16-10-8-14(9-11-16)21(26)25-12-4-5-15(13-25)19-23-24-20(28-19)17-6-2-3-7-18(17)22/h2-3,6-11,15H,4-5,12-13H2,1H3/t15-/m0/s1. The second-order valence-electron chi connectivity index (χ2n) is 6.74. The van der Waals surface area contributed by atoms with Crippen LogP contribution in [-0.4, -0.2) is 41.2 Å². The van der Waals surface area contributed by atoms with Crippen LogP contribution in [0.15, 0.2) is 52.9 Å². The molecule has 1 aromatic heterocycles. The first kappa shape index (κ1) is 18.2. The highest BCUT2D eigenvalue weighted by Crippen LogP contribution is 2.30. The maximum Gasteiger partial charge on any atom is 0.253 e. The number of carbonyl (C=O) groups is 1. The maximum absolute atomic E-state index is 13.9. The number of carbonyl (C=O) groups excluding carboxylic acids is 1. The number of ether oxygens (including phenoxy) is 1. The number of piperidine rings is 1. The number of likely N-dealkylation sites (tertiary alicyclic amines) is 1. The Hall–Kier alpha value is -3.22. The van der Waals surface area contributed by atoms with Crippen molar-refractivity contribution in [1.82, 2.24) is 15.1 Å². The quantitative estimate of drug-likeness (QED) is 0.686. The van der Waals surface area contributed by atoms with E-state index in [0.717, 1.165) is 12.8 Å². The Kier molecular flexibility index (Phi) is 5.06. The minimum atomic E-state index is -0.405. The van der Waals surface area contributed by atoms with Gasteiger partial charge < -0.3 is 14.1 Å². The zero-order valence-electron chi connectivity index (χ0n) is 15.5. The van der Waals surface area contributed by atoms with Gasteiger partial charge in [-0.2, -0.15) is 0 Å². The van der Waals surface area contributed by atoms with Crippen molar-refractivity contribution in [3.8, 4) is 17.2 Å². The minimum absolute atomic E-state index is 0.0406. The molecule has 4 rings (SSSR count). The molecule has 0 saturated carbocycles. The monoisotopic (exact) mass is 381 g/mol. The third-order valence-corrected chi connectivity index (χ3v) is 4.94. The number of methoxy groups -OCH3 is 1. The van der Waals surface area contributed by atoms with E-state index >= 15 is 0 Å². The number of nitrogens with zero attached hydrogens (tertiary/aromatic N) is 3. The summed E-state index contributed by atoms with van der Waals surface area (Å²) in [6.07, 6.45) is 1.68. The third-order valence-electron chi connectivity index (χ3n) is 4.94. The van der Waals surface area contributed by atoms with Gasteiger partial charge in [-0.15, -0.1) is 10.2 Å². The van der Waals surface area contributed by atoms with Crippen LogP contribution < -0.4 is 4.74 Å². The van der Waals surface area contributed by atoms with Gasteiger partial charge in [-0.1, -0.05) is 12.1 Å². The molecule has 0 spiro atoms. The van der Waals surface area contributed by atoms with Crippen molar-refractivity contribution >= 4 is 5.91 Å². The number of aromatic nitrogens is 2. The van der Waals surface area contributed by atoms with E-state index in [2.05, 4.69) is 10.2 Å². The number of hydrogen-bond acceptors (Lipinski definition) is 5. The van der Waals surface area contributed by atoms with Crippen molar-refractivity contribution in [2.24, 2.45) is 0 Å². The van der Waals surface area contributed by atoms with Crippen molar-refractivity contribution in [3.63, 3.8) is 0 Å². The Morgan fingerprint density at radius 2 is 1.96 bits per heavy atom.